The van der Waals surface area contributed by atoms with E-state index in [-0.39, 0.29) is 12.3 Å². The monoisotopic (exact) mass is 337 g/mol. The first-order chi connectivity index (χ1) is 10.2. The molecular formula is C14H18F3NO3S. The quantitative estimate of drug-likeness (QED) is 0.828. The number of rotatable bonds is 5. The molecule has 0 aromatic heterocycles. The predicted octanol–water partition coefficient (Wildman–Crippen LogP) is 2.55. The lowest BCUT2D eigenvalue weighted by Crippen LogP contribution is -2.39. The fraction of sp³-hybridized carbons (Fsp3) is 0.571. The van der Waals surface area contributed by atoms with Crippen LogP contribution in [0.5, 0.6) is 5.75 Å². The van der Waals surface area contributed by atoms with Crippen LogP contribution in [-0.4, -0.2) is 44.6 Å². The zero-order chi connectivity index (χ0) is 16.4. The number of ether oxygens (including phenoxy) is 1. The molecule has 0 radical (unpaired) electrons. The van der Waals surface area contributed by atoms with E-state index in [1.165, 1.54) is 0 Å². The van der Waals surface area contributed by atoms with Crippen molar-refractivity contribution in [1.29, 1.82) is 0 Å². The maximum Gasteiger partial charge on any atom is 0.416 e. The summed E-state index contributed by atoms with van der Waals surface area (Å²) in [6, 6.07) is 4.05. The van der Waals surface area contributed by atoms with Crippen molar-refractivity contribution in [2.75, 3.05) is 25.9 Å². The number of sulfone groups is 1. The Bertz CT molecular complexity index is 593. The molecule has 0 bridgehead atoms. The lowest BCUT2D eigenvalue weighted by Gasteiger charge is -2.23. The number of nitrogens with zero attached hydrogens (tertiary/aromatic N) is 1. The molecule has 0 aliphatic carbocycles. The van der Waals surface area contributed by atoms with E-state index in [9.17, 15) is 21.6 Å². The molecule has 1 saturated heterocycles. The Morgan fingerprint density at radius 3 is 2.18 bits per heavy atom. The highest BCUT2D eigenvalue weighted by atomic mass is 32.2. The lowest BCUT2D eigenvalue weighted by atomic mass is 10.2. The Morgan fingerprint density at radius 2 is 1.73 bits per heavy atom. The Kier molecular flexibility index (Phi) is 5.01. The summed E-state index contributed by atoms with van der Waals surface area (Å²) in [6.07, 6.45) is -1.34. The van der Waals surface area contributed by atoms with Crippen LogP contribution in [0, 0.1) is 0 Å². The molecule has 0 amide bonds. The van der Waals surface area contributed by atoms with E-state index < -0.39 is 27.0 Å². The maximum absolute atomic E-state index is 12.5. The summed E-state index contributed by atoms with van der Waals surface area (Å²) < 4.78 is 66.5. The molecule has 1 atom stereocenters. The van der Waals surface area contributed by atoms with E-state index in [2.05, 4.69) is 0 Å². The van der Waals surface area contributed by atoms with Gasteiger partial charge in [0.2, 0.25) is 5.44 Å². The van der Waals surface area contributed by atoms with Crippen molar-refractivity contribution in [3.63, 3.8) is 0 Å². The van der Waals surface area contributed by atoms with Crippen LogP contribution in [0.15, 0.2) is 24.3 Å². The summed E-state index contributed by atoms with van der Waals surface area (Å²) in [4.78, 5) is 1.98. The van der Waals surface area contributed by atoms with E-state index in [0.29, 0.717) is 0 Å². The van der Waals surface area contributed by atoms with Gasteiger partial charge in [-0.2, -0.15) is 13.2 Å². The number of likely N-dealkylation sites (tertiary alicyclic amines) is 1. The van der Waals surface area contributed by atoms with Gasteiger partial charge in [-0.1, -0.05) is 0 Å². The minimum absolute atomic E-state index is 0.114. The molecule has 0 spiro atoms. The summed E-state index contributed by atoms with van der Waals surface area (Å²) in [7, 11) is -3.48. The van der Waals surface area contributed by atoms with Gasteiger partial charge < -0.3 is 4.74 Å². The third kappa shape index (κ3) is 4.61. The van der Waals surface area contributed by atoms with Gasteiger partial charge in [0.25, 0.3) is 0 Å². The first kappa shape index (κ1) is 17.1. The average molecular weight is 337 g/mol. The summed E-state index contributed by atoms with van der Waals surface area (Å²) in [5.74, 6) is 0.114. The summed E-state index contributed by atoms with van der Waals surface area (Å²) in [6.45, 7) is 1.84. The molecule has 2 rings (SSSR count). The third-order valence-corrected chi connectivity index (χ3v) is 4.73. The van der Waals surface area contributed by atoms with Crippen molar-refractivity contribution in [3.05, 3.63) is 29.8 Å². The molecule has 1 heterocycles. The largest absolute Gasteiger partial charge is 0.473 e. The lowest BCUT2D eigenvalue weighted by molar-refractivity contribution is -0.137. The third-order valence-electron chi connectivity index (χ3n) is 3.53. The number of hydrogen-bond donors (Lipinski definition) is 0. The molecular weight excluding hydrogens is 319 g/mol. The van der Waals surface area contributed by atoms with Crippen LogP contribution >= 0.6 is 0 Å². The molecule has 0 N–H and O–H groups in total. The molecule has 1 aromatic rings. The normalized spacial score (nSPS) is 18.4. The van der Waals surface area contributed by atoms with Gasteiger partial charge in [-0.15, -0.1) is 0 Å². The summed E-state index contributed by atoms with van der Waals surface area (Å²) in [5, 5.41) is 0. The van der Waals surface area contributed by atoms with Gasteiger partial charge >= 0.3 is 6.18 Å². The van der Waals surface area contributed by atoms with Crippen LogP contribution < -0.4 is 4.74 Å². The van der Waals surface area contributed by atoms with Crippen LogP contribution in [0.25, 0.3) is 0 Å². The first-order valence-electron chi connectivity index (χ1n) is 6.91. The van der Waals surface area contributed by atoms with Gasteiger partial charge in [0, 0.05) is 6.26 Å². The zero-order valence-electron chi connectivity index (χ0n) is 12.1. The number of alkyl halides is 3. The number of hydrogen-bond acceptors (Lipinski definition) is 4. The molecule has 124 valence electrons. The van der Waals surface area contributed by atoms with Crippen molar-refractivity contribution in [3.8, 4) is 5.75 Å². The molecule has 0 saturated carbocycles. The highest BCUT2D eigenvalue weighted by Crippen LogP contribution is 2.30. The Morgan fingerprint density at radius 1 is 1.18 bits per heavy atom. The van der Waals surface area contributed by atoms with Crippen molar-refractivity contribution in [1.82, 2.24) is 4.90 Å². The summed E-state index contributed by atoms with van der Waals surface area (Å²) in [5.41, 5.74) is -1.88. The van der Waals surface area contributed by atoms with Crippen LogP contribution in [0.4, 0.5) is 13.2 Å². The van der Waals surface area contributed by atoms with E-state index >= 15 is 0 Å². The van der Waals surface area contributed by atoms with Crippen molar-refractivity contribution in [2.45, 2.75) is 24.5 Å². The molecule has 4 nitrogen and oxygen atoms in total. The zero-order valence-corrected chi connectivity index (χ0v) is 13.0. The Balaban J connectivity index is 2.09. The fourth-order valence-electron chi connectivity index (χ4n) is 2.31. The standard InChI is InChI=1S/C14H18F3NO3S/c1-22(19,20)13(10-18-8-2-3-9-18)21-12-6-4-11(5-7-12)14(15,16)17/h4-7,13H,2-3,8-10H2,1H3/t13-/m0/s1. The van der Waals surface area contributed by atoms with Crippen molar-refractivity contribution in [2.24, 2.45) is 0 Å². The Hall–Kier alpha value is -1.28. The molecule has 1 aliphatic rings. The van der Waals surface area contributed by atoms with Gasteiger partial charge in [-0.25, -0.2) is 8.42 Å². The maximum atomic E-state index is 12.5. The second-order valence-corrected chi connectivity index (χ2v) is 7.59. The average Bonchev–Trinajstić information content (AvgIpc) is 2.89. The molecule has 1 aromatic carbocycles. The molecule has 0 unspecified atom stereocenters. The van der Waals surface area contributed by atoms with E-state index in [4.69, 9.17) is 4.74 Å². The highest BCUT2D eigenvalue weighted by Gasteiger charge is 2.31. The molecule has 1 aliphatic heterocycles. The second-order valence-electron chi connectivity index (χ2n) is 5.41. The van der Waals surface area contributed by atoms with Gasteiger partial charge in [0.15, 0.2) is 9.84 Å². The first-order valence-corrected chi connectivity index (χ1v) is 8.87. The van der Waals surface area contributed by atoms with E-state index in [1.807, 2.05) is 4.90 Å². The fourth-order valence-corrected chi connectivity index (χ4v) is 3.08. The predicted molar refractivity (Wildman–Crippen MR) is 76.4 cm³/mol. The van der Waals surface area contributed by atoms with E-state index in [0.717, 1.165) is 56.5 Å². The molecule has 22 heavy (non-hydrogen) atoms. The van der Waals surface area contributed by atoms with Gasteiger partial charge in [0.1, 0.15) is 5.75 Å². The second kappa shape index (κ2) is 6.45. The smallest absolute Gasteiger partial charge is 0.416 e. The number of halogens is 3. The minimum atomic E-state index is -4.43. The molecule has 1 fully saturated rings. The van der Waals surface area contributed by atoms with E-state index in [1.54, 1.807) is 0 Å². The van der Waals surface area contributed by atoms with Crippen LogP contribution in [0.1, 0.15) is 18.4 Å². The SMILES string of the molecule is CS(=O)(=O)[C@@H](CN1CCCC1)Oc1ccc(C(F)(F)F)cc1. The van der Waals surface area contributed by atoms with Crippen LogP contribution in [-0.2, 0) is 16.0 Å². The van der Waals surface area contributed by atoms with Crippen LogP contribution in [0.2, 0.25) is 0 Å². The van der Waals surface area contributed by atoms with Crippen molar-refractivity contribution < 1.29 is 26.3 Å². The topological polar surface area (TPSA) is 46.6 Å². The summed E-state index contributed by atoms with van der Waals surface area (Å²) >= 11 is 0. The van der Waals surface area contributed by atoms with Gasteiger partial charge in [-0.3, -0.25) is 4.90 Å². The van der Waals surface area contributed by atoms with Gasteiger partial charge in [-0.05, 0) is 50.2 Å². The Labute approximate surface area is 127 Å². The van der Waals surface area contributed by atoms with Crippen molar-refractivity contribution >= 4 is 9.84 Å². The minimum Gasteiger partial charge on any atom is -0.473 e. The molecule has 8 heteroatoms. The highest BCUT2D eigenvalue weighted by molar-refractivity contribution is 7.91. The number of benzene rings is 1. The van der Waals surface area contributed by atoms with Crippen LogP contribution in [0.3, 0.4) is 0 Å². The van der Waals surface area contributed by atoms with Gasteiger partial charge in [0.05, 0.1) is 12.1 Å².